The van der Waals surface area contributed by atoms with Gasteiger partial charge < -0.3 is 10.2 Å². The lowest BCUT2D eigenvalue weighted by molar-refractivity contribution is -0.385. The van der Waals surface area contributed by atoms with Crippen molar-refractivity contribution >= 4 is 11.4 Å². The van der Waals surface area contributed by atoms with Crippen LogP contribution in [0.2, 0.25) is 0 Å². The first-order valence-corrected chi connectivity index (χ1v) is 7.10. The van der Waals surface area contributed by atoms with Gasteiger partial charge in [-0.15, -0.1) is 0 Å². The largest absolute Gasteiger partial charge is 0.368 e. The van der Waals surface area contributed by atoms with Crippen molar-refractivity contribution in [2.24, 2.45) is 0 Å². The molecule has 1 aromatic carbocycles. The molecule has 2 aliphatic rings. The first-order chi connectivity index (χ1) is 9.66. The van der Waals surface area contributed by atoms with Crippen molar-refractivity contribution in [3.8, 4) is 0 Å². The van der Waals surface area contributed by atoms with Crippen LogP contribution in [0.1, 0.15) is 5.56 Å². The number of hydrogen-bond acceptors (Lipinski definition) is 5. The Labute approximate surface area is 118 Å². The van der Waals surface area contributed by atoms with Crippen molar-refractivity contribution < 1.29 is 4.92 Å². The minimum Gasteiger partial charge on any atom is -0.368 e. The Morgan fingerprint density at radius 3 is 2.65 bits per heavy atom. The fraction of sp³-hybridized carbons (Fsp3) is 0.571. The summed E-state index contributed by atoms with van der Waals surface area (Å²) in [5.74, 6) is 0. The van der Waals surface area contributed by atoms with Gasteiger partial charge in [0.1, 0.15) is 0 Å². The number of hydrogen-bond donors (Lipinski definition) is 1. The van der Waals surface area contributed by atoms with Crippen LogP contribution in [-0.4, -0.2) is 55.1 Å². The lowest BCUT2D eigenvalue weighted by Gasteiger charge is -2.48. The Balaban J connectivity index is 1.67. The average molecular weight is 276 g/mol. The van der Waals surface area contributed by atoms with Crippen LogP contribution in [0.3, 0.4) is 0 Å². The third kappa shape index (κ3) is 2.36. The molecular weight excluding hydrogens is 256 g/mol. The molecule has 2 aliphatic heterocycles. The maximum absolute atomic E-state index is 11.0. The van der Waals surface area contributed by atoms with E-state index in [0.29, 0.717) is 6.04 Å². The minimum absolute atomic E-state index is 0.216. The highest BCUT2D eigenvalue weighted by molar-refractivity contribution is 5.62. The summed E-state index contributed by atoms with van der Waals surface area (Å²) >= 11 is 0. The van der Waals surface area contributed by atoms with Crippen molar-refractivity contribution in [1.29, 1.82) is 0 Å². The summed E-state index contributed by atoms with van der Waals surface area (Å²) in [7, 11) is 0. The Morgan fingerprint density at radius 1 is 1.30 bits per heavy atom. The van der Waals surface area contributed by atoms with E-state index in [4.69, 9.17) is 0 Å². The van der Waals surface area contributed by atoms with E-state index in [9.17, 15) is 10.1 Å². The first kappa shape index (κ1) is 13.3. The molecule has 0 bridgehead atoms. The van der Waals surface area contributed by atoms with Gasteiger partial charge >= 0.3 is 0 Å². The van der Waals surface area contributed by atoms with E-state index in [1.807, 2.05) is 13.0 Å². The van der Waals surface area contributed by atoms with Crippen LogP contribution in [0.5, 0.6) is 0 Å². The normalized spacial score (nSPS) is 20.8. The van der Waals surface area contributed by atoms with Gasteiger partial charge in [-0.2, -0.15) is 0 Å². The summed E-state index contributed by atoms with van der Waals surface area (Å²) in [6, 6.07) is 5.93. The molecule has 0 aromatic heterocycles. The second-order valence-corrected chi connectivity index (χ2v) is 5.52. The predicted octanol–water partition coefficient (Wildman–Crippen LogP) is 0.997. The molecule has 0 aliphatic carbocycles. The number of anilines is 1. The Kier molecular flexibility index (Phi) is 3.58. The van der Waals surface area contributed by atoms with Crippen LogP contribution in [0, 0.1) is 17.0 Å². The third-order valence-corrected chi connectivity index (χ3v) is 4.34. The molecule has 1 N–H and O–H groups in total. The van der Waals surface area contributed by atoms with Crippen LogP contribution >= 0.6 is 0 Å². The Hall–Kier alpha value is -1.66. The number of piperazine rings is 1. The molecule has 6 nitrogen and oxygen atoms in total. The van der Waals surface area contributed by atoms with Crippen molar-refractivity contribution in [1.82, 2.24) is 10.2 Å². The summed E-state index contributed by atoms with van der Waals surface area (Å²) < 4.78 is 0. The monoisotopic (exact) mass is 276 g/mol. The van der Waals surface area contributed by atoms with Gasteiger partial charge in [-0.25, -0.2) is 0 Å². The van der Waals surface area contributed by atoms with E-state index >= 15 is 0 Å². The lowest BCUT2D eigenvalue weighted by Crippen LogP contribution is -2.63. The van der Waals surface area contributed by atoms with Crippen LogP contribution < -0.4 is 10.2 Å². The van der Waals surface area contributed by atoms with Gasteiger partial charge in [-0.1, -0.05) is 6.07 Å². The number of benzene rings is 1. The van der Waals surface area contributed by atoms with Gasteiger partial charge in [0.15, 0.2) is 0 Å². The molecule has 0 amide bonds. The summed E-state index contributed by atoms with van der Waals surface area (Å²) in [6.45, 7) is 8.12. The molecular formula is C14H20N4O2. The van der Waals surface area contributed by atoms with Crippen LogP contribution in [-0.2, 0) is 0 Å². The summed E-state index contributed by atoms with van der Waals surface area (Å²) in [6.07, 6.45) is 0. The third-order valence-electron chi connectivity index (χ3n) is 4.34. The van der Waals surface area contributed by atoms with Crippen molar-refractivity contribution in [2.75, 3.05) is 44.2 Å². The number of nitro benzene ring substituents is 1. The van der Waals surface area contributed by atoms with Gasteiger partial charge in [-0.3, -0.25) is 15.0 Å². The zero-order chi connectivity index (χ0) is 14.1. The van der Waals surface area contributed by atoms with E-state index in [-0.39, 0.29) is 10.6 Å². The Bertz CT molecular complexity index is 508. The van der Waals surface area contributed by atoms with Crippen LogP contribution in [0.25, 0.3) is 0 Å². The summed E-state index contributed by atoms with van der Waals surface area (Å²) in [5.41, 5.74) is 2.00. The van der Waals surface area contributed by atoms with Gasteiger partial charge in [0, 0.05) is 57.1 Å². The maximum atomic E-state index is 11.0. The number of nitrogens with one attached hydrogen (secondary N) is 1. The minimum atomic E-state index is -0.299. The predicted molar refractivity (Wildman–Crippen MR) is 78.3 cm³/mol. The molecule has 0 atom stereocenters. The first-order valence-electron chi connectivity index (χ1n) is 7.10. The quantitative estimate of drug-likeness (QED) is 0.659. The molecule has 0 spiro atoms. The lowest BCUT2D eigenvalue weighted by atomic mass is 10.0. The molecule has 2 heterocycles. The molecule has 6 heteroatoms. The molecule has 2 fully saturated rings. The molecule has 108 valence electrons. The van der Waals surface area contributed by atoms with E-state index < -0.39 is 0 Å². The van der Waals surface area contributed by atoms with Gasteiger partial charge in [0.05, 0.1) is 10.5 Å². The number of nitrogens with zero attached hydrogens (tertiary/aromatic N) is 3. The second-order valence-electron chi connectivity index (χ2n) is 5.52. The second kappa shape index (κ2) is 5.38. The molecule has 1 aromatic rings. The van der Waals surface area contributed by atoms with E-state index in [2.05, 4.69) is 15.1 Å². The van der Waals surface area contributed by atoms with Crippen molar-refractivity contribution in [3.05, 3.63) is 33.9 Å². The molecule has 20 heavy (non-hydrogen) atoms. The van der Waals surface area contributed by atoms with Crippen molar-refractivity contribution in [2.45, 2.75) is 13.0 Å². The molecule has 3 rings (SSSR count). The standard InChI is InChI=1S/C14H20N4O2/c1-11-13(3-2-4-14(11)18(19)20)17-9-12(10-17)16-7-5-15-6-8-16/h2-4,12,15H,5-10H2,1H3. The molecule has 2 saturated heterocycles. The maximum Gasteiger partial charge on any atom is 0.274 e. The Morgan fingerprint density at radius 2 is 2.00 bits per heavy atom. The fourth-order valence-corrected chi connectivity index (χ4v) is 3.08. The molecule has 0 saturated carbocycles. The average Bonchev–Trinajstić information content (AvgIpc) is 2.40. The highest BCUT2D eigenvalue weighted by Crippen LogP contribution is 2.32. The van der Waals surface area contributed by atoms with Crippen LogP contribution in [0.4, 0.5) is 11.4 Å². The van der Waals surface area contributed by atoms with E-state index in [1.54, 1.807) is 12.1 Å². The van der Waals surface area contributed by atoms with Gasteiger partial charge in [0.25, 0.3) is 5.69 Å². The topological polar surface area (TPSA) is 61.6 Å². The molecule has 0 unspecified atom stereocenters. The number of nitro groups is 1. The van der Waals surface area contributed by atoms with Gasteiger partial charge in [-0.05, 0) is 13.0 Å². The fourth-order valence-electron chi connectivity index (χ4n) is 3.08. The summed E-state index contributed by atoms with van der Waals surface area (Å²) in [4.78, 5) is 15.4. The smallest absolute Gasteiger partial charge is 0.274 e. The zero-order valence-electron chi connectivity index (χ0n) is 11.7. The highest BCUT2D eigenvalue weighted by atomic mass is 16.6. The highest BCUT2D eigenvalue weighted by Gasteiger charge is 2.33. The van der Waals surface area contributed by atoms with Crippen LogP contribution in [0.15, 0.2) is 18.2 Å². The SMILES string of the molecule is Cc1c(N2CC(N3CCNCC3)C2)cccc1[N+](=O)[O-]. The van der Waals surface area contributed by atoms with E-state index in [1.165, 1.54) is 0 Å². The van der Waals surface area contributed by atoms with E-state index in [0.717, 1.165) is 50.5 Å². The zero-order valence-corrected chi connectivity index (χ0v) is 11.7. The summed E-state index contributed by atoms with van der Waals surface area (Å²) in [5, 5.41) is 14.3. The van der Waals surface area contributed by atoms with Gasteiger partial charge in [0.2, 0.25) is 0 Å². The van der Waals surface area contributed by atoms with Crippen molar-refractivity contribution in [3.63, 3.8) is 0 Å². The number of rotatable bonds is 3. The molecule has 0 radical (unpaired) electrons.